The molecule has 0 aliphatic heterocycles. The maximum Gasteiger partial charge on any atom is 0.238 e. The fraction of sp³-hybridized carbons (Fsp3) is 0.500. The molecule has 1 aromatic carbocycles. The molecule has 126 valence electrons. The number of hydrogen-bond acceptors (Lipinski definition) is 3. The van der Waals surface area contributed by atoms with Crippen LogP contribution in [0.4, 0.5) is 0 Å². The van der Waals surface area contributed by atoms with Gasteiger partial charge in [-0.2, -0.15) is 0 Å². The average molecular weight is 440 g/mol. The van der Waals surface area contributed by atoms with Gasteiger partial charge in [0, 0.05) is 20.1 Å². The fourth-order valence-electron chi connectivity index (χ4n) is 1.72. The molecule has 0 amide bonds. The van der Waals surface area contributed by atoms with Crippen molar-refractivity contribution in [2.75, 3.05) is 13.6 Å². The topological polar surface area (TPSA) is 96.6 Å². The van der Waals surface area contributed by atoms with E-state index in [9.17, 15) is 8.42 Å². The molecule has 0 radical (unpaired) electrons. The van der Waals surface area contributed by atoms with Gasteiger partial charge in [-0.05, 0) is 30.0 Å². The number of nitrogens with zero attached hydrogens (tertiary/aromatic N) is 1. The van der Waals surface area contributed by atoms with Gasteiger partial charge in [0.2, 0.25) is 10.0 Å². The number of halogens is 1. The van der Waals surface area contributed by atoms with Crippen LogP contribution < -0.4 is 15.8 Å². The van der Waals surface area contributed by atoms with E-state index in [1.807, 2.05) is 6.07 Å². The second-order valence-electron chi connectivity index (χ2n) is 5.23. The molecule has 0 atom stereocenters. The second kappa shape index (κ2) is 10.0. The smallest absolute Gasteiger partial charge is 0.238 e. The van der Waals surface area contributed by atoms with Gasteiger partial charge >= 0.3 is 0 Å². The van der Waals surface area contributed by atoms with Crippen LogP contribution in [0.5, 0.6) is 0 Å². The SMILES string of the molecule is CN=C(NCCC(C)C)NCc1cccc(S(N)(=O)=O)c1.I. The van der Waals surface area contributed by atoms with Crippen molar-refractivity contribution < 1.29 is 8.42 Å². The minimum Gasteiger partial charge on any atom is -0.356 e. The van der Waals surface area contributed by atoms with E-state index < -0.39 is 10.0 Å². The van der Waals surface area contributed by atoms with E-state index in [0.717, 1.165) is 18.5 Å². The van der Waals surface area contributed by atoms with Crippen LogP contribution in [0.3, 0.4) is 0 Å². The highest BCUT2D eigenvalue weighted by Crippen LogP contribution is 2.09. The summed E-state index contributed by atoms with van der Waals surface area (Å²) in [6, 6.07) is 6.55. The lowest BCUT2D eigenvalue weighted by atomic mass is 10.1. The molecule has 0 aliphatic rings. The number of nitrogens with two attached hydrogens (primary N) is 1. The van der Waals surface area contributed by atoms with Crippen molar-refractivity contribution in [3.63, 3.8) is 0 Å². The summed E-state index contributed by atoms with van der Waals surface area (Å²) in [6.45, 7) is 5.65. The van der Waals surface area contributed by atoms with Gasteiger partial charge in [0.25, 0.3) is 0 Å². The first-order chi connectivity index (χ1) is 9.82. The van der Waals surface area contributed by atoms with E-state index in [2.05, 4.69) is 29.5 Å². The normalized spacial score (nSPS) is 12.0. The number of sulfonamides is 1. The van der Waals surface area contributed by atoms with Crippen LogP contribution in [-0.4, -0.2) is 28.0 Å². The molecule has 6 nitrogen and oxygen atoms in total. The van der Waals surface area contributed by atoms with Gasteiger partial charge in [0.05, 0.1) is 4.90 Å². The van der Waals surface area contributed by atoms with Crippen molar-refractivity contribution in [1.82, 2.24) is 10.6 Å². The number of primary sulfonamides is 1. The Hall–Kier alpha value is -0.870. The molecule has 0 aliphatic carbocycles. The van der Waals surface area contributed by atoms with E-state index in [1.54, 1.807) is 19.2 Å². The molecule has 0 saturated heterocycles. The predicted molar refractivity (Wildman–Crippen MR) is 101 cm³/mol. The van der Waals surface area contributed by atoms with Gasteiger partial charge in [-0.1, -0.05) is 26.0 Å². The Morgan fingerprint density at radius 2 is 2.00 bits per heavy atom. The third-order valence-electron chi connectivity index (χ3n) is 2.92. The molecule has 0 aromatic heterocycles. The van der Waals surface area contributed by atoms with Crippen LogP contribution in [0.25, 0.3) is 0 Å². The Balaban J connectivity index is 0.00000441. The number of aliphatic imine (C=N–C) groups is 1. The van der Waals surface area contributed by atoms with Gasteiger partial charge in [-0.15, -0.1) is 24.0 Å². The Morgan fingerprint density at radius 3 is 2.55 bits per heavy atom. The summed E-state index contributed by atoms with van der Waals surface area (Å²) in [5.74, 6) is 1.32. The van der Waals surface area contributed by atoms with Crippen LogP contribution in [0.1, 0.15) is 25.8 Å². The van der Waals surface area contributed by atoms with Crippen molar-refractivity contribution in [3.8, 4) is 0 Å². The minimum absolute atomic E-state index is 0. The summed E-state index contributed by atoms with van der Waals surface area (Å²) in [7, 11) is -1.97. The van der Waals surface area contributed by atoms with Crippen molar-refractivity contribution >= 4 is 40.0 Å². The molecular weight excluding hydrogens is 415 g/mol. The molecule has 22 heavy (non-hydrogen) atoms. The quantitative estimate of drug-likeness (QED) is 0.356. The number of rotatable bonds is 6. The molecular formula is C14H25IN4O2S. The highest BCUT2D eigenvalue weighted by Gasteiger charge is 2.08. The lowest BCUT2D eigenvalue weighted by Crippen LogP contribution is -2.37. The summed E-state index contributed by atoms with van der Waals surface area (Å²) >= 11 is 0. The Kier molecular flexibility index (Phi) is 9.61. The van der Waals surface area contributed by atoms with E-state index in [0.29, 0.717) is 18.4 Å². The molecule has 1 aromatic rings. The minimum atomic E-state index is -3.67. The average Bonchev–Trinajstić information content (AvgIpc) is 2.41. The maximum absolute atomic E-state index is 11.3. The van der Waals surface area contributed by atoms with E-state index in [1.165, 1.54) is 6.07 Å². The van der Waals surface area contributed by atoms with Gasteiger partial charge < -0.3 is 10.6 Å². The molecule has 4 N–H and O–H groups in total. The van der Waals surface area contributed by atoms with Crippen LogP contribution in [0.2, 0.25) is 0 Å². The standard InChI is InChI=1S/C14H24N4O2S.HI/c1-11(2)7-8-17-14(16-3)18-10-12-5-4-6-13(9-12)21(15,19)20;/h4-6,9,11H,7-8,10H2,1-3H3,(H2,15,19,20)(H2,16,17,18);1H. The van der Waals surface area contributed by atoms with Crippen molar-refractivity contribution in [3.05, 3.63) is 29.8 Å². The first kappa shape index (κ1) is 21.1. The summed E-state index contributed by atoms with van der Waals surface area (Å²) in [4.78, 5) is 4.24. The zero-order valence-electron chi connectivity index (χ0n) is 13.2. The Morgan fingerprint density at radius 1 is 1.32 bits per heavy atom. The van der Waals surface area contributed by atoms with Gasteiger partial charge in [0.1, 0.15) is 0 Å². The predicted octanol–water partition coefficient (Wildman–Crippen LogP) is 1.66. The maximum atomic E-state index is 11.3. The van der Waals surface area contributed by atoms with Crippen LogP contribution >= 0.6 is 24.0 Å². The number of benzene rings is 1. The molecule has 0 heterocycles. The lowest BCUT2D eigenvalue weighted by Gasteiger charge is -2.13. The molecule has 0 fully saturated rings. The van der Waals surface area contributed by atoms with Crippen LogP contribution in [0, 0.1) is 5.92 Å². The Labute approximate surface area is 150 Å². The van der Waals surface area contributed by atoms with Crippen LogP contribution in [-0.2, 0) is 16.6 Å². The molecule has 1 rings (SSSR count). The first-order valence-corrected chi connectivity index (χ1v) is 8.44. The zero-order valence-corrected chi connectivity index (χ0v) is 16.3. The molecule has 0 unspecified atom stereocenters. The molecule has 0 saturated carbocycles. The summed E-state index contributed by atoms with van der Waals surface area (Å²) in [6.07, 6.45) is 1.06. The zero-order chi connectivity index (χ0) is 15.9. The molecule has 8 heteroatoms. The third-order valence-corrected chi connectivity index (χ3v) is 3.84. The van der Waals surface area contributed by atoms with Gasteiger partial charge in [-0.3, -0.25) is 4.99 Å². The fourth-order valence-corrected chi connectivity index (χ4v) is 2.30. The van der Waals surface area contributed by atoms with Gasteiger partial charge in [0.15, 0.2) is 5.96 Å². The van der Waals surface area contributed by atoms with Gasteiger partial charge in [-0.25, -0.2) is 13.6 Å². The summed E-state index contributed by atoms with van der Waals surface area (Å²) in [5, 5.41) is 11.5. The molecule has 0 spiro atoms. The highest BCUT2D eigenvalue weighted by atomic mass is 127. The second-order valence-corrected chi connectivity index (χ2v) is 6.79. The lowest BCUT2D eigenvalue weighted by molar-refractivity contribution is 0.573. The summed E-state index contributed by atoms with van der Waals surface area (Å²) < 4.78 is 22.6. The highest BCUT2D eigenvalue weighted by molar-refractivity contribution is 14.0. The third kappa shape index (κ3) is 7.95. The Bertz CT molecular complexity index is 588. The van der Waals surface area contributed by atoms with Crippen molar-refractivity contribution in [2.45, 2.75) is 31.7 Å². The monoisotopic (exact) mass is 440 g/mol. The number of guanidine groups is 1. The van der Waals surface area contributed by atoms with Crippen LogP contribution in [0.15, 0.2) is 34.2 Å². The van der Waals surface area contributed by atoms with E-state index in [4.69, 9.17) is 5.14 Å². The van der Waals surface area contributed by atoms with Crippen molar-refractivity contribution in [1.29, 1.82) is 0 Å². The van der Waals surface area contributed by atoms with E-state index >= 15 is 0 Å². The van der Waals surface area contributed by atoms with E-state index in [-0.39, 0.29) is 28.9 Å². The molecule has 0 bridgehead atoms. The summed E-state index contributed by atoms with van der Waals surface area (Å²) in [5.41, 5.74) is 0.827. The largest absolute Gasteiger partial charge is 0.356 e. The number of nitrogens with one attached hydrogen (secondary N) is 2. The number of hydrogen-bond donors (Lipinski definition) is 3. The van der Waals surface area contributed by atoms with Crippen molar-refractivity contribution in [2.24, 2.45) is 16.0 Å². The first-order valence-electron chi connectivity index (χ1n) is 6.89.